The predicted octanol–water partition coefficient (Wildman–Crippen LogP) is 3.52. The van der Waals surface area contributed by atoms with Crippen LogP contribution in [0.25, 0.3) is 0 Å². The van der Waals surface area contributed by atoms with Crippen LogP contribution in [0.1, 0.15) is 23.0 Å². The molecule has 0 fully saturated rings. The van der Waals surface area contributed by atoms with Gasteiger partial charge in [0.1, 0.15) is 17.6 Å². The molecule has 0 aliphatic rings. The molecular weight excluding hydrogens is 407 g/mol. The number of hydrogen-bond donors (Lipinski definition) is 1. The molecule has 154 valence electrons. The second-order valence-electron chi connectivity index (χ2n) is 6.25. The number of ether oxygens (including phenoxy) is 1. The summed E-state index contributed by atoms with van der Waals surface area (Å²) < 4.78 is 74.1. The van der Waals surface area contributed by atoms with Crippen molar-refractivity contribution >= 4 is 10.0 Å². The highest BCUT2D eigenvalue weighted by molar-refractivity contribution is 7.89. The number of rotatable bonds is 6. The molecule has 1 atom stereocenters. The molecule has 0 aliphatic heterocycles. The number of methoxy groups -OCH3 is 1. The number of halogens is 3. The molecule has 0 saturated heterocycles. The fourth-order valence-electron chi connectivity index (χ4n) is 2.81. The van der Waals surface area contributed by atoms with Crippen molar-refractivity contribution in [1.82, 2.24) is 14.3 Å². The molecule has 1 heterocycles. The number of nitrogens with zero attached hydrogens (tertiary/aromatic N) is 2. The van der Waals surface area contributed by atoms with E-state index in [4.69, 9.17) is 4.74 Å². The molecule has 0 saturated carbocycles. The minimum absolute atomic E-state index is 0.369. The Morgan fingerprint density at radius 1 is 1.14 bits per heavy atom. The standard InChI is InChI=1S/C19H18F3N3O3S/c1-25-10-9-23-18(25)17(13-5-3-7-15(11-13)28-2)24-29(26,27)16-8-4-6-14(12-16)19(20,21)22/h3-12,17,24H,1-2H3. The quantitative estimate of drug-likeness (QED) is 0.656. The van der Waals surface area contributed by atoms with Gasteiger partial charge in [-0.3, -0.25) is 0 Å². The summed E-state index contributed by atoms with van der Waals surface area (Å²) in [5, 5.41) is 0. The molecule has 29 heavy (non-hydrogen) atoms. The zero-order valence-electron chi connectivity index (χ0n) is 15.5. The van der Waals surface area contributed by atoms with E-state index in [1.165, 1.54) is 13.3 Å². The molecule has 0 radical (unpaired) electrons. The van der Waals surface area contributed by atoms with Crippen LogP contribution in [0.15, 0.2) is 65.8 Å². The summed E-state index contributed by atoms with van der Waals surface area (Å²) in [6, 6.07) is 9.33. The third-order valence-corrected chi connectivity index (χ3v) is 5.71. The summed E-state index contributed by atoms with van der Waals surface area (Å²) in [4.78, 5) is 3.71. The number of aryl methyl sites for hydroxylation is 1. The highest BCUT2D eigenvalue weighted by Gasteiger charge is 2.32. The van der Waals surface area contributed by atoms with Crippen molar-refractivity contribution in [2.45, 2.75) is 17.1 Å². The van der Waals surface area contributed by atoms with Gasteiger partial charge >= 0.3 is 6.18 Å². The van der Waals surface area contributed by atoms with E-state index in [9.17, 15) is 21.6 Å². The lowest BCUT2D eigenvalue weighted by molar-refractivity contribution is -0.137. The lowest BCUT2D eigenvalue weighted by Gasteiger charge is -2.20. The van der Waals surface area contributed by atoms with Gasteiger partial charge in [0, 0.05) is 19.4 Å². The van der Waals surface area contributed by atoms with Gasteiger partial charge in [0.15, 0.2) is 0 Å². The molecule has 0 bridgehead atoms. The van der Waals surface area contributed by atoms with Crippen molar-refractivity contribution < 1.29 is 26.3 Å². The minimum atomic E-state index is -4.66. The van der Waals surface area contributed by atoms with Crippen molar-refractivity contribution in [3.63, 3.8) is 0 Å². The van der Waals surface area contributed by atoms with E-state index in [2.05, 4.69) is 9.71 Å². The molecule has 3 rings (SSSR count). The average Bonchev–Trinajstić information content (AvgIpc) is 3.11. The van der Waals surface area contributed by atoms with Gasteiger partial charge in [-0.2, -0.15) is 17.9 Å². The van der Waals surface area contributed by atoms with E-state index in [1.54, 1.807) is 42.1 Å². The number of nitrogens with one attached hydrogen (secondary N) is 1. The van der Waals surface area contributed by atoms with Crippen molar-refractivity contribution in [3.05, 3.63) is 77.9 Å². The van der Waals surface area contributed by atoms with Crippen LogP contribution in [0.4, 0.5) is 13.2 Å². The maximum atomic E-state index is 13.0. The topological polar surface area (TPSA) is 73.2 Å². The van der Waals surface area contributed by atoms with Crippen LogP contribution in [-0.2, 0) is 23.2 Å². The summed E-state index contributed by atoms with van der Waals surface area (Å²) in [6.45, 7) is 0. The molecule has 3 aromatic rings. The first-order chi connectivity index (χ1) is 13.6. The fourth-order valence-corrected chi connectivity index (χ4v) is 4.04. The summed E-state index contributed by atoms with van der Waals surface area (Å²) in [6.07, 6.45) is -1.51. The third-order valence-electron chi connectivity index (χ3n) is 4.29. The SMILES string of the molecule is COc1cccc(C(NS(=O)(=O)c2cccc(C(F)(F)F)c2)c2nccn2C)c1. The Labute approximate surface area is 166 Å². The summed E-state index contributed by atoms with van der Waals surface area (Å²) >= 11 is 0. The van der Waals surface area contributed by atoms with Crippen molar-refractivity contribution in [1.29, 1.82) is 0 Å². The Morgan fingerprint density at radius 3 is 2.48 bits per heavy atom. The number of hydrogen-bond acceptors (Lipinski definition) is 4. The van der Waals surface area contributed by atoms with Gasteiger partial charge in [0.2, 0.25) is 10.0 Å². The highest BCUT2D eigenvalue weighted by Crippen LogP contribution is 2.31. The Balaban J connectivity index is 2.05. The number of aromatic nitrogens is 2. The Kier molecular flexibility index (Phi) is 5.67. The van der Waals surface area contributed by atoms with E-state index in [0.717, 1.165) is 18.2 Å². The molecule has 0 aliphatic carbocycles. The van der Waals surface area contributed by atoms with E-state index in [1.807, 2.05) is 0 Å². The maximum absolute atomic E-state index is 13.0. The fraction of sp³-hybridized carbons (Fsp3) is 0.211. The molecule has 10 heteroatoms. The van der Waals surface area contributed by atoms with Crippen molar-refractivity contribution in [2.24, 2.45) is 7.05 Å². The van der Waals surface area contributed by atoms with Gasteiger partial charge in [-0.25, -0.2) is 13.4 Å². The smallest absolute Gasteiger partial charge is 0.416 e. The molecule has 1 N–H and O–H groups in total. The zero-order chi connectivity index (χ0) is 21.2. The molecule has 6 nitrogen and oxygen atoms in total. The van der Waals surface area contributed by atoms with Gasteiger partial charge in [-0.15, -0.1) is 0 Å². The number of sulfonamides is 1. The largest absolute Gasteiger partial charge is 0.497 e. The Morgan fingerprint density at radius 2 is 1.86 bits per heavy atom. The van der Waals surface area contributed by atoms with Gasteiger partial charge in [-0.1, -0.05) is 18.2 Å². The van der Waals surface area contributed by atoms with Gasteiger partial charge < -0.3 is 9.30 Å². The van der Waals surface area contributed by atoms with E-state index in [0.29, 0.717) is 23.2 Å². The monoisotopic (exact) mass is 425 g/mol. The maximum Gasteiger partial charge on any atom is 0.416 e. The minimum Gasteiger partial charge on any atom is -0.497 e. The van der Waals surface area contributed by atoms with Crippen molar-refractivity contribution in [3.8, 4) is 5.75 Å². The molecule has 0 spiro atoms. The van der Waals surface area contributed by atoms with E-state index < -0.39 is 32.7 Å². The molecule has 1 aromatic heterocycles. The first-order valence-corrected chi connectivity index (χ1v) is 9.91. The highest BCUT2D eigenvalue weighted by atomic mass is 32.2. The summed E-state index contributed by atoms with van der Waals surface area (Å²) in [5.74, 6) is 0.869. The van der Waals surface area contributed by atoms with Crippen LogP contribution in [0.3, 0.4) is 0 Å². The normalized spacial score (nSPS) is 13.3. The zero-order valence-corrected chi connectivity index (χ0v) is 16.3. The van der Waals surface area contributed by atoms with Crippen LogP contribution in [0.5, 0.6) is 5.75 Å². The van der Waals surface area contributed by atoms with Crippen molar-refractivity contribution in [2.75, 3.05) is 7.11 Å². The molecular formula is C19H18F3N3O3S. The predicted molar refractivity (Wildman–Crippen MR) is 99.8 cm³/mol. The van der Waals surface area contributed by atoms with Crippen LogP contribution >= 0.6 is 0 Å². The third kappa shape index (κ3) is 4.60. The first kappa shape index (κ1) is 20.9. The van der Waals surface area contributed by atoms with Gasteiger partial charge in [0.05, 0.1) is 17.6 Å². The second kappa shape index (κ2) is 7.88. The lowest BCUT2D eigenvalue weighted by atomic mass is 10.1. The molecule has 0 amide bonds. The Bertz CT molecular complexity index is 1110. The van der Waals surface area contributed by atoms with Crippen LogP contribution in [0, 0.1) is 0 Å². The van der Waals surface area contributed by atoms with Crippen LogP contribution in [0.2, 0.25) is 0 Å². The number of benzene rings is 2. The average molecular weight is 425 g/mol. The summed E-state index contributed by atoms with van der Waals surface area (Å²) in [7, 11) is -1.13. The lowest BCUT2D eigenvalue weighted by Crippen LogP contribution is -2.31. The Hall–Kier alpha value is -2.85. The van der Waals surface area contributed by atoms with Crippen LogP contribution in [-0.4, -0.2) is 25.1 Å². The van der Waals surface area contributed by atoms with Gasteiger partial charge in [-0.05, 0) is 35.9 Å². The molecule has 1 unspecified atom stereocenters. The summed E-state index contributed by atoms with van der Waals surface area (Å²) in [5.41, 5.74) is -0.524. The number of alkyl halides is 3. The second-order valence-corrected chi connectivity index (χ2v) is 7.97. The first-order valence-electron chi connectivity index (χ1n) is 8.42. The van der Waals surface area contributed by atoms with Crippen LogP contribution < -0.4 is 9.46 Å². The van der Waals surface area contributed by atoms with Gasteiger partial charge in [0.25, 0.3) is 0 Å². The molecule has 2 aromatic carbocycles. The van der Waals surface area contributed by atoms with E-state index in [-0.39, 0.29) is 0 Å². The van der Waals surface area contributed by atoms with E-state index >= 15 is 0 Å². The number of imidazole rings is 1.